The fraction of sp³-hybridized carbons (Fsp3) is 0.500. The number of nitrogens with one attached hydrogen (secondary N) is 2. The first-order valence-corrected chi connectivity index (χ1v) is 12.9. The maximum Gasteiger partial charge on any atom is 0.477 e. The number of aromatic nitrogens is 4. The lowest BCUT2D eigenvalue weighted by atomic mass is 10.1. The summed E-state index contributed by atoms with van der Waals surface area (Å²) in [5.41, 5.74) is 4.44. The Balaban J connectivity index is 1.86. The van der Waals surface area contributed by atoms with E-state index in [4.69, 9.17) is 24.8 Å². The quantitative estimate of drug-likeness (QED) is 0.159. The lowest BCUT2D eigenvalue weighted by molar-refractivity contribution is -0.0505. The number of phosphoric acid groups is 1. The molecule has 1 saturated heterocycles. The number of imidazole rings is 1. The number of nitrogen functional groups attached to an aromatic ring is 1. The third-order valence-corrected chi connectivity index (χ3v) is 8.24. The van der Waals surface area contributed by atoms with Crippen molar-refractivity contribution in [3.63, 3.8) is 0 Å². The van der Waals surface area contributed by atoms with E-state index in [0.717, 1.165) is 15.8 Å². The second-order valence-corrected chi connectivity index (χ2v) is 11.0. The van der Waals surface area contributed by atoms with Crippen molar-refractivity contribution in [1.82, 2.24) is 24.4 Å². The Hall–Kier alpha value is -1.56. The van der Waals surface area contributed by atoms with E-state index in [0.29, 0.717) is 0 Å². The highest BCUT2D eigenvalue weighted by Gasteiger charge is 2.50. The largest absolute Gasteiger partial charge is 0.477 e. The Morgan fingerprint density at radius 2 is 1.91 bits per heavy atom. The molecule has 0 amide bonds. The maximum absolute atomic E-state index is 12.2. The summed E-state index contributed by atoms with van der Waals surface area (Å²) in [5.74, 6) is -0.295. The molecule has 0 bridgehead atoms. The molecule has 2 aromatic heterocycles. The predicted molar refractivity (Wildman–Crippen MR) is 100 cm³/mol. The summed E-state index contributed by atoms with van der Waals surface area (Å²) in [6.07, 6.45) is -5.63. The normalized spacial score (nSPS) is 27.9. The van der Waals surface area contributed by atoms with Crippen LogP contribution in [0.2, 0.25) is 0 Å². The average Bonchev–Trinajstić information content (AvgIpc) is 3.13. The number of aliphatic hydroxyl groups excluding tert-OH is 2. The minimum Gasteiger partial charge on any atom is -0.394 e. The first-order valence-electron chi connectivity index (χ1n) is 8.19. The highest BCUT2D eigenvalue weighted by atomic mass is 31.3. The monoisotopic (exact) mass is 522 g/mol. The van der Waals surface area contributed by atoms with E-state index in [-0.39, 0.29) is 17.1 Å². The zero-order valence-corrected chi connectivity index (χ0v) is 18.1. The van der Waals surface area contributed by atoms with Gasteiger partial charge in [0.25, 0.3) is 5.56 Å². The van der Waals surface area contributed by atoms with E-state index >= 15 is 0 Å². The number of aromatic amines is 1. The Bertz CT molecular complexity index is 1210. The molecule has 2 unspecified atom stereocenters. The number of ether oxygens (including phenoxy) is 1. The van der Waals surface area contributed by atoms with Crippen molar-refractivity contribution in [2.24, 2.45) is 0 Å². The standard InChI is InChI=1S/C10H17N6O13P3/c11-10-13-7-4(8(19)14-10)12-2-16(7)9-5(18)6(3(1-17)27-9)28-30(20,21)15-31(22,23)29-32(24,25)26/h2-3,5-6,9,17-18H,1H2,(H2,24,25,26)(H3,11,13,14,19)(H3,15,20,21,22,23)/t3-,5-,6-,9-/m1/s1. The molecule has 0 aromatic carbocycles. The van der Waals surface area contributed by atoms with Crippen LogP contribution in [0.1, 0.15) is 6.23 Å². The van der Waals surface area contributed by atoms with E-state index in [1.54, 1.807) is 0 Å². The first-order chi connectivity index (χ1) is 14.6. The highest BCUT2D eigenvalue weighted by molar-refractivity contribution is 7.70. The smallest absolute Gasteiger partial charge is 0.394 e. The van der Waals surface area contributed by atoms with Crippen LogP contribution in [-0.4, -0.2) is 74.2 Å². The summed E-state index contributed by atoms with van der Waals surface area (Å²) in [6.45, 7) is -0.878. The molecule has 3 heterocycles. The number of H-pyrrole nitrogens is 1. The van der Waals surface area contributed by atoms with Crippen LogP contribution in [0.3, 0.4) is 0 Å². The fourth-order valence-corrected chi connectivity index (χ4v) is 6.55. The molecule has 1 fully saturated rings. The topological polar surface area (TPSA) is 302 Å². The average molecular weight is 522 g/mol. The summed E-state index contributed by atoms with van der Waals surface area (Å²) in [6, 6.07) is 0. The van der Waals surface area contributed by atoms with E-state index in [1.165, 1.54) is 0 Å². The van der Waals surface area contributed by atoms with Gasteiger partial charge < -0.3 is 40.3 Å². The maximum atomic E-state index is 12.2. The van der Waals surface area contributed by atoms with Gasteiger partial charge in [-0.05, 0) is 0 Å². The number of rotatable bonds is 8. The summed E-state index contributed by atoms with van der Waals surface area (Å²) >= 11 is 0. The van der Waals surface area contributed by atoms with Crippen molar-refractivity contribution in [2.75, 3.05) is 12.3 Å². The van der Waals surface area contributed by atoms with E-state index in [2.05, 4.69) is 19.3 Å². The van der Waals surface area contributed by atoms with E-state index in [9.17, 15) is 38.5 Å². The zero-order valence-electron chi connectivity index (χ0n) is 15.4. The minimum absolute atomic E-state index is 0.146. The second kappa shape index (κ2) is 8.66. The molecule has 0 spiro atoms. The lowest BCUT2D eigenvalue weighted by Crippen LogP contribution is -2.36. The van der Waals surface area contributed by atoms with Crippen LogP contribution in [0.25, 0.3) is 11.2 Å². The number of hydrogen-bond donors (Lipinski definition) is 9. The number of anilines is 1. The molecular weight excluding hydrogens is 505 g/mol. The number of fused-ring (bicyclic) bond motifs is 1. The van der Waals surface area contributed by atoms with Gasteiger partial charge in [-0.3, -0.25) is 18.9 Å². The van der Waals surface area contributed by atoms with Crippen molar-refractivity contribution in [2.45, 2.75) is 24.5 Å². The third-order valence-electron chi connectivity index (χ3n) is 3.95. The number of nitrogens with two attached hydrogens (primary N) is 1. The van der Waals surface area contributed by atoms with Crippen molar-refractivity contribution in [3.05, 3.63) is 16.7 Å². The number of nitrogens with zero attached hydrogens (tertiary/aromatic N) is 3. The van der Waals surface area contributed by atoms with Crippen LogP contribution in [0.4, 0.5) is 5.95 Å². The summed E-state index contributed by atoms with van der Waals surface area (Å²) < 4.78 is 49.1. The van der Waals surface area contributed by atoms with E-state index in [1.807, 2.05) is 0 Å². The fourth-order valence-electron chi connectivity index (χ4n) is 2.87. The van der Waals surface area contributed by atoms with Crippen LogP contribution in [0, 0.1) is 0 Å². The van der Waals surface area contributed by atoms with Gasteiger partial charge in [-0.2, -0.15) is 9.29 Å². The van der Waals surface area contributed by atoms with Gasteiger partial charge in [0.1, 0.15) is 18.3 Å². The molecule has 2 aromatic rings. The first kappa shape index (κ1) is 25.1. The van der Waals surface area contributed by atoms with Crippen LogP contribution in [0.5, 0.6) is 0 Å². The van der Waals surface area contributed by atoms with Gasteiger partial charge in [-0.15, -0.1) is 4.86 Å². The van der Waals surface area contributed by atoms with Gasteiger partial charge in [-0.1, -0.05) is 0 Å². The third kappa shape index (κ3) is 5.49. The molecule has 3 rings (SSSR count). The molecule has 6 atom stereocenters. The van der Waals surface area contributed by atoms with Crippen molar-refractivity contribution < 1.29 is 57.1 Å². The van der Waals surface area contributed by atoms with Gasteiger partial charge in [0.2, 0.25) is 5.95 Å². The molecule has 0 saturated carbocycles. The van der Waals surface area contributed by atoms with Crippen molar-refractivity contribution in [1.29, 1.82) is 0 Å². The molecule has 32 heavy (non-hydrogen) atoms. The number of aliphatic hydroxyl groups is 2. The van der Waals surface area contributed by atoms with Gasteiger partial charge in [0, 0.05) is 0 Å². The molecule has 0 radical (unpaired) electrons. The zero-order chi connectivity index (χ0) is 24.1. The lowest BCUT2D eigenvalue weighted by Gasteiger charge is -2.24. The molecular formula is C10H17N6O13P3. The Morgan fingerprint density at radius 1 is 1.25 bits per heavy atom. The summed E-state index contributed by atoms with van der Waals surface area (Å²) in [5, 5.41) is 20.1. The molecule has 1 aliphatic heterocycles. The van der Waals surface area contributed by atoms with Crippen LogP contribution in [-0.2, 0) is 27.3 Å². The second-order valence-electron chi connectivity index (χ2n) is 6.30. The SMILES string of the molecule is Nc1nc2c(ncn2[C@@H]2O[C@H](CO)[C@@H](OP(=O)(O)NP(=O)(O)OP(=O)(O)O)[C@H]2O)c(=O)[nH]1. The summed E-state index contributed by atoms with van der Waals surface area (Å²) in [4.78, 5) is 59.1. The molecule has 180 valence electrons. The van der Waals surface area contributed by atoms with Gasteiger partial charge in [-0.25, -0.2) is 18.7 Å². The Morgan fingerprint density at radius 3 is 2.50 bits per heavy atom. The Kier molecular flexibility index (Phi) is 6.78. The van der Waals surface area contributed by atoms with Crippen molar-refractivity contribution in [3.8, 4) is 0 Å². The molecule has 0 aliphatic carbocycles. The van der Waals surface area contributed by atoms with Gasteiger partial charge >= 0.3 is 23.3 Å². The van der Waals surface area contributed by atoms with Crippen molar-refractivity contribution >= 4 is 40.4 Å². The van der Waals surface area contributed by atoms with Crippen LogP contribution >= 0.6 is 23.3 Å². The molecule has 1 aliphatic rings. The summed E-state index contributed by atoms with van der Waals surface area (Å²) in [7, 11) is -16.5. The molecule has 19 nitrogen and oxygen atoms in total. The minimum atomic E-state index is -5.56. The molecule has 10 N–H and O–H groups in total. The highest BCUT2D eigenvalue weighted by Crippen LogP contribution is 2.60. The van der Waals surface area contributed by atoms with Crippen LogP contribution < -0.4 is 16.2 Å². The Labute approximate surface area is 176 Å². The van der Waals surface area contributed by atoms with Gasteiger partial charge in [0.05, 0.1) is 12.9 Å². The van der Waals surface area contributed by atoms with E-state index < -0.39 is 60.0 Å². The van der Waals surface area contributed by atoms with Gasteiger partial charge in [0.15, 0.2) is 17.4 Å². The molecule has 22 heteroatoms. The number of hydrogen-bond acceptors (Lipinski definition) is 12. The van der Waals surface area contributed by atoms with Crippen LogP contribution in [0.15, 0.2) is 11.1 Å². The predicted octanol–water partition coefficient (Wildman–Crippen LogP) is -2.76.